The van der Waals surface area contributed by atoms with Gasteiger partial charge in [0.1, 0.15) is 0 Å². The average Bonchev–Trinajstić information content (AvgIpc) is 3.12. The lowest BCUT2D eigenvalue weighted by Crippen LogP contribution is -2.47. The van der Waals surface area contributed by atoms with Crippen LogP contribution in [-0.2, 0) is 0 Å². The van der Waals surface area contributed by atoms with Crippen molar-refractivity contribution in [2.75, 3.05) is 18.1 Å². The van der Waals surface area contributed by atoms with E-state index in [9.17, 15) is 5.11 Å². The zero-order chi connectivity index (χ0) is 12.7. The molecule has 0 heterocycles. The van der Waals surface area contributed by atoms with E-state index in [1.165, 1.54) is 37.2 Å². The van der Waals surface area contributed by atoms with E-state index in [0.29, 0.717) is 6.04 Å². The standard InChI is InChI=1S/C14H29NOS/c1-4-12(2)10-17-9-5-8-14(3,11-16)15-13-6-7-13/h12-13,15-16H,4-11H2,1-3H3. The highest BCUT2D eigenvalue weighted by Crippen LogP contribution is 2.25. The highest BCUT2D eigenvalue weighted by molar-refractivity contribution is 7.99. The summed E-state index contributed by atoms with van der Waals surface area (Å²) in [5.74, 6) is 3.35. The van der Waals surface area contributed by atoms with Crippen LogP contribution in [0.4, 0.5) is 0 Å². The Kier molecular flexibility index (Phi) is 6.90. The van der Waals surface area contributed by atoms with Crippen LogP contribution < -0.4 is 5.32 Å². The molecule has 0 radical (unpaired) electrons. The normalized spacial score (nSPS) is 21.2. The van der Waals surface area contributed by atoms with Crippen molar-refractivity contribution >= 4 is 11.8 Å². The number of thioether (sulfide) groups is 1. The van der Waals surface area contributed by atoms with Gasteiger partial charge in [-0.2, -0.15) is 11.8 Å². The summed E-state index contributed by atoms with van der Waals surface area (Å²) in [4.78, 5) is 0. The second-order valence-corrected chi connectivity index (χ2v) is 6.98. The van der Waals surface area contributed by atoms with Crippen LogP contribution >= 0.6 is 11.8 Å². The molecule has 0 aromatic heterocycles. The monoisotopic (exact) mass is 259 g/mol. The minimum absolute atomic E-state index is 0.0436. The highest BCUT2D eigenvalue weighted by Gasteiger charge is 2.31. The first-order chi connectivity index (χ1) is 8.09. The van der Waals surface area contributed by atoms with Crippen LogP contribution in [0.25, 0.3) is 0 Å². The molecule has 1 fully saturated rings. The molecule has 0 aromatic carbocycles. The van der Waals surface area contributed by atoms with Gasteiger partial charge in [-0.3, -0.25) is 0 Å². The van der Waals surface area contributed by atoms with Crippen LogP contribution in [0.5, 0.6) is 0 Å². The maximum absolute atomic E-state index is 9.48. The Morgan fingerprint density at radius 1 is 1.47 bits per heavy atom. The summed E-state index contributed by atoms with van der Waals surface area (Å²) in [6.45, 7) is 7.00. The van der Waals surface area contributed by atoms with Gasteiger partial charge in [0.15, 0.2) is 0 Å². The van der Waals surface area contributed by atoms with Crippen LogP contribution in [0, 0.1) is 5.92 Å². The second kappa shape index (κ2) is 7.65. The largest absolute Gasteiger partial charge is 0.394 e. The van der Waals surface area contributed by atoms with Crippen LogP contribution in [0.1, 0.15) is 52.9 Å². The molecule has 0 spiro atoms. The van der Waals surface area contributed by atoms with Crippen molar-refractivity contribution in [1.29, 1.82) is 0 Å². The highest BCUT2D eigenvalue weighted by atomic mass is 32.2. The van der Waals surface area contributed by atoms with Crippen molar-refractivity contribution in [3.8, 4) is 0 Å². The summed E-state index contributed by atoms with van der Waals surface area (Å²) < 4.78 is 0. The molecule has 2 N–H and O–H groups in total. The van der Waals surface area contributed by atoms with E-state index in [0.717, 1.165) is 12.3 Å². The second-order valence-electron chi connectivity index (χ2n) is 5.83. The number of rotatable bonds is 10. The van der Waals surface area contributed by atoms with Crippen LogP contribution in [0.15, 0.2) is 0 Å². The van der Waals surface area contributed by atoms with Crippen molar-refractivity contribution in [3.63, 3.8) is 0 Å². The minimum atomic E-state index is -0.0436. The molecule has 0 aromatic rings. The molecular weight excluding hydrogens is 230 g/mol. The Morgan fingerprint density at radius 3 is 2.71 bits per heavy atom. The summed E-state index contributed by atoms with van der Waals surface area (Å²) in [6, 6.07) is 0.680. The Bertz CT molecular complexity index is 208. The van der Waals surface area contributed by atoms with Gasteiger partial charge in [0.25, 0.3) is 0 Å². The zero-order valence-corrected chi connectivity index (χ0v) is 12.5. The van der Waals surface area contributed by atoms with Crippen molar-refractivity contribution in [2.24, 2.45) is 5.92 Å². The van der Waals surface area contributed by atoms with E-state index in [2.05, 4.69) is 37.8 Å². The van der Waals surface area contributed by atoms with Crippen molar-refractivity contribution in [1.82, 2.24) is 5.32 Å². The third kappa shape index (κ3) is 6.68. The first-order valence-electron chi connectivity index (χ1n) is 7.06. The number of aliphatic hydroxyl groups excluding tert-OH is 1. The summed E-state index contributed by atoms with van der Waals surface area (Å²) in [5, 5.41) is 13.0. The number of hydrogen-bond donors (Lipinski definition) is 2. The van der Waals surface area contributed by atoms with E-state index in [-0.39, 0.29) is 12.1 Å². The Balaban J connectivity index is 2.06. The van der Waals surface area contributed by atoms with Crippen molar-refractivity contribution in [2.45, 2.75) is 64.5 Å². The molecule has 0 aliphatic heterocycles. The smallest absolute Gasteiger partial charge is 0.0610 e. The van der Waals surface area contributed by atoms with Gasteiger partial charge in [0, 0.05) is 11.6 Å². The Hall–Kier alpha value is 0.270. The van der Waals surface area contributed by atoms with E-state index in [1.807, 2.05) is 0 Å². The molecule has 1 saturated carbocycles. The first-order valence-corrected chi connectivity index (χ1v) is 8.21. The predicted molar refractivity (Wildman–Crippen MR) is 77.7 cm³/mol. The molecule has 1 aliphatic rings. The molecule has 17 heavy (non-hydrogen) atoms. The zero-order valence-electron chi connectivity index (χ0n) is 11.7. The van der Waals surface area contributed by atoms with Gasteiger partial charge in [-0.1, -0.05) is 20.3 Å². The van der Waals surface area contributed by atoms with Gasteiger partial charge in [-0.05, 0) is 50.0 Å². The van der Waals surface area contributed by atoms with Gasteiger partial charge in [-0.25, -0.2) is 0 Å². The molecule has 2 nitrogen and oxygen atoms in total. The van der Waals surface area contributed by atoms with Crippen LogP contribution in [0.3, 0.4) is 0 Å². The van der Waals surface area contributed by atoms with E-state index >= 15 is 0 Å². The van der Waals surface area contributed by atoms with E-state index in [4.69, 9.17) is 0 Å². The SMILES string of the molecule is CCC(C)CSCCCC(C)(CO)NC1CC1. The van der Waals surface area contributed by atoms with Gasteiger partial charge in [0.2, 0.25) is 0 Å². The average molecular weight is 259 g/mol. The lowest BCUT2D eigenvalue weighted by molar-refractivity contribution is 0.163. The lowest BCUT2D eigenvalue weighted by atomic mass is 9.97. The fourth-order valence-electron chi connectivity index (χ4n) is 1.88. The molecule has 0 amide bonds. The summed E-state index contributed by atoms with van der Waals surface area (Å²) in [7, 11) is 0. The topological polar surface area (TPSA) is 32.3 Å². The van der Waals surface area contributed by atoms with Gasteiger partial charge in [0.05, 0.1) is 6.61 Å². The van der Waals surface area contributed by atoms with Crippen LogP contribution in [-0.4, -0.2) is 34.8 Å². The predicted octanol–water partition coefficient (Wildman–Crippen LogP) is 3.05. The molecular formula is C14H29NOS. The molecule has 3 heteroatoms. The fraction of sp³-hybridized carbons (Fsp3) is 1.00. The van der Waals surface area contributed by atoms with Crippen LogP contribution in [0.2, 0.25) is 0 Å². The molecule has 1 aliphatic carbocycles. The van der Waals surface area contributed by atoms with Gasteiger partial charge >= 0.3 is 0 Å². The quantitative estimate of drug-likeness (QED) is 0.591. The maximum atomic E-state index is 9.48. The first kappa shape index (κ1) is 15.3. The number of hydrogen-bond acceptors (Lipinski definition) is 3. The Labute approximate surface area is 111 Å². The molecule has 0 saturated heterocycles. The fourth-order valence-corrected chi connectivity index (χ4v) is 3.04. The molecule has 2 atom stereocenters. The minimum Gasteiger partial charge on any atom is -0.394 e. The Morgan fingerprint density at radius 2 is 2.18 bits per heavy atom. The molecule has 1 rings (SSSR count). The lowest BCUT2D eigenvalue weighted by Gasteiger charge is -2.29. The third-order valence-electron chi connectivity index (χ3n) is 3.60. The van der Waals surface area contributed by atoms with E-state index in [1.54, 1.807) is 0 Å². The van der Waals surface area contributed by atoms with Gasteiger partial charge in [-0.15, -0.1) is 0 Å². The molecule has 0 bridgehead atoms. The summed E-state index contributed by atoms with van der Waals surface area (Å²) >= 11 is 2.06. The molecule has 2 unspecified atom stereocenters. The summed E-state index contributed by atoms with van der Waals surface area (Å²) in [5.41, 5.74) is -0.0436. The van der Waals surface area contributed by atoms with Gasteiger partial charge < -0.3 is 10.4 Å². The molecule has 102 valence electrons. The van der Waals surface area contributed by atoms with Crippen molar-refractivity contribution in [3.05, 3.63) is 0 Å². The maximum Gasteiger partial charge on any atom is 0.0610 e. The summed E-state index contributed by atoms with van der Waals surface area (Å²) in [6.07, 6.45) is 6.16. The third-order valence-corrected chi connectivity index (χ3v) is 4.98. The van der Waals surface area contributed by atoms with Crippen molar-refractivity contribution < 1.29 is 5.11 Å². The van der Waals surface area contributed by atoms with E-state index < -0.39 is 0 Å². The number of aliphatic hydroxyl groups is 1. The number of nitrogens with one attached hydrogen (secondary N) is 1.